The third-order valence-corrected chi connectivity index (χ3v) is 6.78. The van der Waals surface area contributed by atoms with Gasteiger partial charge in [0.15, 0.2) is 0 Å². The summed E-state index contributed by atoms with van der Waals surface area (Å²) in [7, 11) is 0. The zero-order valence-electron chi connectivity index (χ0n) is 15.7. The normalized spacial score (nSPS) is 17.3. The average molecular weight is 387 g/mol. The Kier molecular flexibility index (Phi) is 4.57. The Labute approximate surface area is 168 Å². The van der Waals surface area contributed by atoms with Crippen LogP contribution in [0.1, 0.15) is 35.9 Å². The van der Waals surface area contributed by atoms with Crippen LogP contribution in [0.2, 0.25) is 0 Å². The van der Waals surface area contributed by atoms with Gasteiger partial charge in [0.05, 0.1) is 22.7 Å². The Hall–Kier alpha value is -2.72. The van der Waals surface area contributed by atoms with Crippen LogP contribution in [-0.2, 0) is 11.2 Å². The van der Waals surface area contributed by atoms with E-state index in [1.165, 1.54) is 15.5 Å². The summed E-state index contributed by atoms with van der Waals surface area (Å²) in [6.07, 6.45) is 3.67. The third-order valence-electron chi connectivity index (χ3n) is 5.64. The Morgan fingerprint density at radius 3 is 2.75 bits per heavy atom. The summed E-state index contributed by atoms with van der Waals surface area (Å²) in [5.41, 5.74) is 2.14. The fourth-order valence-corrected chi connectivity index (χ4v) is 5.35. The van der Waals surface area contributed by atoms with E-state index < -0.39 is 0 Å². The van der Waals surface area contributed by atoms with Crippen LogP contribution in [0.15, 0.2) is 66.7 Å². The molecule has 1 saturated heterocycles. The van der Waals surface area contributed by atoms with Crippen molar-refractivity contribution in [3.05, 3.63) is 77.3 Å². The molecule has 0 bridgehead atoms. The number of benzene rings is 3. The molecule has 0 radical (unpaired) electrons. The minimum Gasteiger partial charge on any atom is -0.333 e. The molecule has 0 saturated carbocycles. The number of para-hydroxylation sites is 1. The second kappa shape index (κ2) is 7.36. The van der Waals surface area contributed by atoms with Crippen molar-refractivity contribution in [2.24, 2.45) is 0 Å². The molecule has 1 aromatic heterocycles. The maximum absolute atomic E-state index is 13.3. The topological polar surface area (TPSA) is 33.2 Å². The van der Waals surface area contributed by atoms with Crippen LogP contribution < -0.4 is 0 Å². The summed E-state index contributed by atoms with van der Waals surface area (Å²) in [5, 5.41) is 3.44. The average Bonchev–Trinajstić information content (AvgIpc) is 3.18. The SMILES string of the molecule is O=C(Cc1cccc2ccccc12)N1CCCCC1c1nc2ccccc2s1. The molecule has 1 fully saturated rings. The number of amides is 1. The van der Waals surface area contributed by atoms with Crippen molar-refractivity contribution in [1.29, 1.82) is 0 Å². The van der Waals surface area contributed by atoms with Gasteiger partial charge < -0.3 is 4.90 Å². The van der Waals surface area contributed by atoms with Crippen molar-refractivity contribution >= 4 is 38.2 Å². The van der Waals surface area contributed by atoms with Gasteiger partial charge >= 0.3 is 0 Å². The van der Waals surface area contributed by atoms with Crippen LogP contribution in [0.25, 0.3) is 21.0 Å². The molecule has 3 nitrogen and oxygen atoms in total. The van der Waals surface area contributed by atoms with Crippen molar-refractivity contribution in [3.63, 3.8) is 0 Å². The molecule has 3 aromatic carbocycles. The van der Waals surface area contributed by atoms with Gasteiger partial charge in [-0.15, -0.1) is 11.3 Å². The standard InChI is InChI=1S/C24H22N2OS/c27-23(16-18-10-7-9-17-8-1-2-11-19(17)18)26-15-6-5-13-21(26)24-25-20-12-3-4-14-22(20)28-24/h1-4,7-12,14,21H,5-6,13,15-16H2. The van der Waals surface area contributed by atoms with Gasteiger partial charge in [0.2, 0.25) is 5.91 Å². The second-order valence-electron chi connectivity index (χ2n) is 7.43. The lowest BCUT2D eigenvalue weighted by Crippen LogP contribution is -2.39. The summed E-state index contributed by atoms with van der Waals surface area (Å²) >= 11 is 1.73. The van der Waals surface area contributed by atoms with Gasteiger partial charge in [0.1, 0.15) is 5.01 Å². The number of likely N-dealkylation sites (tertiary alicyclic amines) is 1. The molecule has 0 spiro atoms. The van der Waals surface area contributed by atoms with Crippen LogP contribution >= 0.6 is 11.3 Å². The lowest BCUT2D eigenvalue weighted by atomic mass is 9.99. The molecule has 0 N–H and O–H groups in total. The number of carbonyl (C=O) groups excluding carboxylic acids is 1. The van der Waals surface area contributed by atoms with Crippen LogP contribution in [0, 0.1) is 0 Å². The molecular formula is C24H22N2OS. The van der Waals surface area contributed by atoms with Gasteiger partial charge in [0, 0.05) is 6.54 Å². The number of hydrogen-bond donors (Lipinski definition) is 0. The van der Waals surface area contributed by atoms with Crippen LogP contribution in [0.4, 0.5) is 0 Å². The van der Waals surface area contributed by atoms with E-state index in [0.29, 0.717) is 6.42 Å². The largest absolute Gasteiger partial charge is 0.333 e. The zero-order chi connectivity index (χ0) is 18.9. The fraction of sp³-hybridized carbons (Fsp3) is 0.250. The van der Waals surface area contributed by atoms with Crippen molar-refractivity contribution in [1.82, 2.24) is 9.88 Å². The van der Waals surface area contributed by atoms with Crippen LogP contribution in [0.3, 0.4) is 0 Å². The molecule has 28 heavy (non-hydrogen) atoms. The molecule has 1 unspecified atom stereocenters. The lowest BCUT2D eigenvalue weighted by molar-refractivity contribution is -0.134. The number of nitrogens with zero attached hydrogens (tertiary/aromatic N) is 2. The van der Waals surface area contributed by atoms with Crippen LogP contribution in [0.5, 0.6) is 0 Å². The highest BCUT2D eigenvalue weighted by Gasteiger charge is 2.30. The van der Waals surface area contributed by atoms with E-state index >= 15 is 0 Å². The summed E-state index contributed by atoms with van der Waals surface area (Å²) in [4.78, 5) is 20.2. The first kappa shape index (κ1) is 17.4. The lowest BCUT2D eigenvalue weighted by Gasteiger charge is -2.34. The predicted octanol–water partition coefficient (Wildman–Crippen LogP) is 5.75. The van der Waals surface area contributed by atoms with Crippen molar-refractivity contribution in [2.75, 3.05) is 6.54 Å². The number of fused-ring (bicyclic) bond motifs is 2. The molecular weight excluding hydrogens is 364 g/mol. The van der Waals surface area contributed by atoms with E-state index in [1.807, 2.05) is 24.3 Å². The quantitative estimate of drug-likeness (QED) is 0.449. The monoisotopic (exact) mass is 386 g/mol. The third kappa shape index (κ3) is 3.18. The Morgan fingerprint density at radius 2 is 1.82 bits per heavy atom. The van der Waals surface area contributed by atoms with Crippen molar-refractivity contribution < 1.29 is 4.79 Å². The minimum atomic E-state index is 0.105. The van der Waals surface area contributed by atoms with Gasteiger partial charge in [-0.3, -0.25) is 4.79 Å². The molecule has 2 heterocycles. The molecule has 1 atom stereocenters. The van der Waals surface area contributed by atoms with Gasteiger partial charge in [-0.2, -0.15) is 0 Å². The van der Waals surface area contributed by atoms with Crippen molar-refractivity contribution in [3.8, 4) is 0 Å². The molecule has 5 rings (SSSR count). The van der Waals surface area contributed by atoms with E-state index in [2.05, 4.69) is 47.4 Å². The number of aromatic nitrogens is 1. The number of thiazole rings is 1. The van der Waals surface area contributed by atoms with E-state index in [9.17, 15) is 4.79 Å². The van der Waals surface area contributed by atoms with Crippen LogP contribution in [-0.4, -0.2) is 22.3 Å². The Morgan fingerprint density at radius 1 is 1.00 bits per heavy atom. The first-order valence-electron chi connectivity index (χ1n) is 9.91. The number of carbonyl (C=O) groups is 1. The first-order chi connectivity index (χ1) is 13.8. The summed E-state index contributed by atoms with van der Waals surface area (Å²) in [6.45, 7) is 0.824. The molecule has 4 heteroatoms. The first-order valence-corrected chi connectivity index (χ1v) is 10.7. The minimum absolute atomic E-state index is 0.105. The zero-order valence-corrected chi connectivity index (χ0v) is 16.5. The summed E-state index contributed by atoms with van der Waals surface area (Å²) in [5.74, 6) is 0.209. The summed E-state index contributed by atoms with van der Waals surface area (Å²) < 4.78 is 1.20. The highest BCUT2D eigenvalue weighted by Crippen LogP contribution is 2.36. The van der Waals surface area contributed by atoms with E-state index in [0.717, 1.165) is 41.9 Å². The van der Waals surface area contributed by atoms with Gasteiger partial charge in [-0.05, 0) is 47.7 Å². The molecule has 1 aliphatic rings. The number of hydrogen-bond acceptors (Lipinski definition) is 3. The maximum atomic E-state index is 13.3. The molecule has 0 aliphatic carbocycles. The fourth-order valence-electron chi connectivity index (χ4n) is 4.23. The predicted molar refractivity (Wildman–Crippen MR) is 116 cm³/mol. The number of rotatable bonds is 3. The summed E-state index contributed by atoms with van der Waals surface area (Å²) in [6, 6.07) is 22.9. The molecule has 4 aromatic rings. The van der Waals surface area contributed by atoms with E-state index in [-0.39, 0.29) is 11.9 Å². The smallest absolute Gasteiger partial charge is 0.227 e. The highest BCUT2D eigenvalue weighted by molar-refractivity contribution is 7.18. The highest BCUT2D eigenvalue weighted by atomic mass is 32.1. The second-order valence-corrected chi connectivity index (χ2v) is 8.50. The van der Waals surface area contributed by atoms with Gasteiger partial charge in [-0.25, -0.2) is 4.98 Å². The number of piperidine rings is 1. The van der Waals surface area contributed by atoms with E-state index in [4.69, 9.17) is 4.98 Å². The van der Waals surface area contributed by atoms with Gasteiger partial charge in [0.25, 0.3) is 0 Å². The van der Waals surface area contributed by atoms with Gasteiger partial charge in [-0.1, -0.05) is 54.6 Å². The Balaban J connectivity index is 1.45. The van der Waals surface area contributed by atoms with E-state index in [1.54, 1.807) is 11.3 Å². The van der Waals surface area contributed by atoms with Crippen molar-refractivity contribution in [2.45, 2.75) is 31.7 Å². The molecule has 1 amide bonds. The molecule has 1 aliphatic heterocycles. The maximum Gasteiger partial charge on any atom is 0.227 e. The Bertz CT molecular complexity index is 1110. The molecule has 140 valence electrons.